The molecule has 0 unspecified atom stereocenters. The molecule has 0 spiro atoms. The van der Waals surface area contributed by atoms with Crippen LogP contribution in [0.15, 0.2) is 36.4 Å². The number of nitrogens with zero attached hydrogens (tertiary/aromatic N) is 2. The number of nitrogens with one attached hydrogen (secondary N) is 1. The van der Waals surface area contributed by atoms with E-state index in [1.807, 2.05) is 0 Å². The van der Waals surface area contributed by atoms with Gasteiger partial charge < -0.3 is 10.1 Å². The highest BCUT2D eigenvalue weighted by Gasteiger charge is 2.24. The Labute approximate surface area is 122 Å². The van der Waals surface area contributed by atoms with Crippen LogP contribution < -0.4 is 10.1 Å². The highest BCUT2D eigenvalue weighted by atomic mass is 16.6. The third-order valence-corrected chi connectivity index (χ3v) is 3.06. The van der Waals surface area contributed by atoms with Crippen LogP contribution in [0.25, 0.3) is 0 Å². The minimum Gasteiger partial charge on any atom is -0.454 e. The lowest BCUT2D eigenvalue weighted by molar-refractivity contribution is -0.385. The molecule has 0 fully saturated rings. The van der Waals surface area contributed by atoms with Gasteiger partial charge in [0.2, 0.25) is 0 Å². The number of carbonyl (C=O) groups excluding carboxylic acids is 1. The highest BCUT2D eigenvalue weighted by molar-refractivity contribution is 6.08. The molecule has 0 aromatic heterocycles. The molecule has 9 heteroatoms. The van der Waals surface area contributed by atoms with Crippen molar-refractivity contribution in [1.82, 2.24) is 0 Å². The summed E-state index contributed by atoms with van der Waals surface area (Å²) < 4.78 is 5.51. The SMILES string of the molecule is O=C1Nc2cc([N+](=O)[O-])ccc2Oc2ccc([N+](=O)[O-])cc21. The second-order valence-electron chi connectivity index (χ2n) is 4.43. The van der Waals surface area contributed by atoms with E-state index >= 15 is 0 Å². The number of rotatable bonds is 2. The van der Waals surface area contributed by atoms with Gasteiger partial charge in [-0.15, -0.1) is 0 Å². The molecule has 1 aliphatic heterocycles. The molecule has 0 saturated heterocycles. The van der Waals surface area contributed by atoms with Crippen molar-refractivity contribution in [3.63, 3.8) is 0 Å². The topological polar surface area (TPSA) is 125 Å². The molecule has 9 nitrogen and oxygen atoms in total. The standard InChI is InChI=1S/C13H7N3O6/c17-13-9-5-7(15(18)19)1-3-11(9)22-12-4-2-8(16(20)21)6-10(12)14-13/h1-6H,(H,14,17). The number of fused-ring (bicyclic) bond motifs is 2. The average molecular weight is 301 g/mol. The number of nitro benzene ring substituents is 2. The zero-order valence-corrected chi connectivity index (χ0v) is 10.8. The third kappa shape index (κ3) is 2.20. The smallest absolute Gasteiger partial charge is 0.271 e. The minimum absolute atomic E-state index is 0.0203. The molecule has 0 saturated carbocycles. The summed E-state index contributed by atoms with van der Waals surface area (Å²) in [6.45, 7) is 0. The summed E-state index contributed by atoms with van der Waals surface area (Å²) in [6, 6.07) is 7.36. The van der Waals surface area contributed by atoms with Crippen molar-refractivity contribution in [2.75, 3.05) is 5.32 Å². The van der Waals surface area contributed by atoms with Gasteiger partial charge in [0.25, 0.3) is 17.3 Å². The fourth-order valence-electron chi connectivity index (χ4n) is 2.02. The van der Waals surface area contributed by atoms with Gasteiger partial charge in [0.1, 0.15) is 5.75 Å². The Kier molecular flexibility index (Phi) is 2.95. The summed E-state index contributed by atoms with van der Waals surface area (Å²) in [4.78, 5) is 32.5. The molecule has 1 aliphatic rings. The summed E-state index contributed by atoms with van der Waals surface area (Å²) in [6.07, 6.45) is 0. The van der Waals surface area contributed by atoms with Crippen molar-refractivity contribution in [2.24, 2.45) is 0 Å². The number of hydrogen-bond acceptors (Lipinski definition) is 6. The van der Waals surface area contributed by atoms with Crippen LogP contribution >= 0.6 is 0 Å². The van der Waals surface area contributed by atoms with E-state index in [0.717, 1.165) is 12.1 Å². The van der Waals surface area contributed by atoms with E-state index < -0.39 is 15.8 Å². The molecule has 0 bridgehead atoms. The normalized spacial score (nSPS) is 12.3. The molecule has 110 valence electrons. The van der Waals surface area contributed by atoms with Gasteiger partial charge >= 0.3 is 0 Å². The van der Waals surface area contributed by atoms with Crippen molar-refractivity contribution < 1.29 is 19.4 Å². The lowest BCUT2D eigenvalue weighted by Crippen LogP contribution is -2.10. The van der Waals surface area contributed by atoms with Crippen molar-refractivity contribution in [3.8, 4) is 11.5 Å². The predicted molar refractivity (Wildman–Crippen MR) is 74.2 cm³/mol. The van der Waals surface area contributed by atoms with Crippen molar-refractivity contribution >= 4 is 23.0 Å². The molecule has 3 rings (SSSR count). The van der Waals surface area contributed by atoms with E-state index in [1.54, 1.807) is 0 Å². The summed E-state index contributed by atoms with van der Waals surface area (Å²) in [7, 11) is 0. The maximum Gasteiger partial charge on any atom is 0.271 e. The Hall–Kier alpha value is -3.49. The van der Waals surface area contributed by atoms with Crippen LogP contribution in [0.1, 0.15) is 10.4 Å². The van der Waals surface area contributed by atoms with Gasteiger partial charge in [0.05, 0.1) is 21.1 Å². The molecule has 1 heterocycles. The van der Waals surface area contributed by atoms with Crippen molar-refractivity contribution in [3.05, 3.63) is 62.2 Å². The second kappa shape index (κ2) is 4.81. The molecular weight excluding hydrogens is 294 g/mol. The monoisotopic (exact) mass is 301 g/mol. The molecule has 0 atom stereocenters. The van der Waals surface area contributed by atoms with E-state index in [1.165, 1.54) is 24.3 Å². The Bertz CT molecular complexity index is 833. The number of non-ortho nitro benzene ring substituents is 2. The van der Waals surface area contributed by atoms with Crippen LogP contribution in [0.2, 0.25) is 0 Å². The quantitative estimate of drug-likeness (QED) is 0.671. The molecule has 1 amide bonds. The fraction of sp³-hybridized carbons (Fsp3) is 0. The predicted octanol–water partition coefficient (Wildman–Crippen LogP) is 2.86. The van der Waals surface area contributed by atoms with Gasteiger partial charge in [0, 0.05) is 24.3 Å². The van der Waals surface area contributed by atoms with Crippen LogP contribution in [-0.2, 0) is 0 Å². The highest BCUT2D eigenvalue weighted by Crippen LogP contribution is 2.38. The first-order valence-electron chi connectivity index (χ1n) is 6.02. The van der Waals surface area contributed by atoms with E-state index in [-0.39, 0.29) is 34.1 Å². The van der Waals surface area contributed by atoms with E-state index in [9.17, 15) is 25.0 Å². The van der Waals surface area contributed by atoms with Gasteiger partial charge in [-0.05, 0) is 12.1 Å². The molecule has 2 aromatic carbocycles. The Morgan fingerprint density at radius 2 is 1.50 bits per heavy atom. The van der Waals surface area contributed by atoms with E-state index in [4.69, 9.17) is 4.74 Å². The molecule has 0 aliphatic carbocycles. The summed E-state index contributed by atoms with van der Waals surface area (Å²) >= 11 is 0. The summed E-state index contributed by atoms with van der Waals surface area (Å²) in [5, 5.41) is 24.0. The lowest BCUT2D eigenvalue weighted by atomic mass is 10.1. The number of amides is 1. The number of ether oxygens (including phenoxy) is 1. The minimum atomic E-state index is -0.641. The van der Waals surface area contributed by atoms with Gasteiger partial charge in [-0.2, -0.15) is 0 Å². The number of hydrogen-bond donors (Lipinski definition) is 1. The van der Waals surface area contributed by atoms with Crippen LogP contribution in [0.5, 0.6) is 11.5 Å². The van der Waals surface area contributed by atoms with Crippen LogP contribution in [0.4, 0.5) is 17.1 Å². The van der Waals surface area contributed by atoms with Gasteiger partial charge in [-0.25, -0.2) is 0 Å². The Morgan fingerprint density at radius 1 is 0.909 bits per heavy atom. The van der Waals surface area contributed by atoms with Gasteiger partial charge in [0.15, 0.2) is 5.75 Å². The fourth-order valence-corrected chi connectivity index (χ4v) is 2.02. The largest absolute Gasteiger partial charge is 0.454 e. The Balaban J connectivity index is 2.09. The Morgan fingerprint density at radius 3 is 2.14 bits per heavy atom. The molecule has 1 N–H and O–H groups in total. The maximum atomic E-state index is 12.1. The maximum absolute atomic E-state index is 12.1. The zero-order valence-electron chi connectivity index (χ0n) is 10.8. The van der Waals surface area contributed by atoms with Crippen molar-refractivity contribution in [2.45, 2.75) is 0 Å². The zero-order chi connectivity index (χ0) is 15.9. The molecular formula is C13H7N3O6. The van der Waals surface area contributed by atoms with Crippen molar-refractivity contribution in [1.29, 1.82) is 0 Å². The molecule has 2 aromatic rings. The lowest BCUT2D eigenvalue weighted by Gasteiger charge is -2.06. The first-order valence-corrected chi connectivity index (χ1v) is 6.02. The van der Waals surface area contributed by atoms with E-state index in [2.05, 4.69) is 5.32 Å². The number of nitro groups is 2. The summed E-state index contributed by atoms with van der Waals surface area (Å²) in [5.74, 6) is -0.291. The van der Waals surface area contributed by atoms with Gasteiger partial charge in [-0.1, -0.05) is 0 Å². The number of carbonyl (C=O) groups is 1. The average Bonchev–Trinajstić information content (AvgIpc) is 2.61. The molecule has 22 heavy (non-hydrogen) atoms. The number of anilines is 1. The van der Waals surface area contributed by atoms with Crippen LogP contribution in [0.3, 0.4) is 0 Å². The molecule has 0 radical (unpaired) electrons. The van der Waals surface area contributed by atoms with Crippen LogP contribution in [-0.4, -0.2) is 15.8 Å². The first-order chi connectivity index (χ1) is 10.5. The first kappa shape index (κ1) is 13.5. The number of benzene rings is 2. The van der Waals surface area contributed by atoms with E-state index in [0.29, 0.717) is 0 Å². The van der Waals surface area contributed by atoms with Crippen LogP contribution in [0, 0.1) is 20.2 Å². The van der Waals surface area contributed by atoms with Gasteiger partial charge in [-0.3, -0.25) is 25.0 Å². The summed E-state index contributed by atoms with van der Waals surface area (Å²) in [5.41, 5.74) is -0.361. The second-order valence-corrected chi connectivity index (χ2v) is 4.43. The third-order valence-electron chi connectivity index (χ3n) is 3.06.